The third-order valence-corrected chi connectivity index (χ3v) is 2.79. The number of hydrogen-bond acceptors (Lipinski definition) is 4. The van der Waals surface area contributed by atoms with Crippen LogP contribution in [0.3, 0.4) is 0 Å². The van der Waals surface area contributed by atoms with Crippen LogP contribution in [-0.4, -0.2) is 15.8 Å². The Balaban J connectivity index is 2.17. The fourth-order valence-electron chi connectivity index (χ4n) is 1.62. The Kier molecular flexibility index (Phi) is 4.27. The quantitative estimate of drug-likeness (QED) is 0.693. The SMILES string of the molecule is O=C(NCc1ccccn1)c1cc(Cl)ccc1[N+](=O)[O-]. The summed E-state index contributed by atoms with van der Waals surface area (Å²) < 4.78 is 0. The number of aromatic nitrogens is 1. The van der Waals surface area contributed by atoms with Crippen LogP contribution in [0.25, 0.3) is 0 Å². The molecule has 1 N–H and O–H groups in total. The van der Waals surface area contributed by atoms with Crippen LogP contribution >= 0.6 is 11.6 Å². The highest BCUT2D eigenvalue weighted by Gasteiger charge is 2.20. The largest absolute Gasteiger partial charge is 0.346 e. The van der Waals surface area contributed by atoms with E-state index in [4.69, 9.17) is 11.6 Å². The molecule has 6 nitrogen and oxygen atoms in total. The van der Waals surface area contributed by atoms with Crippen molar-refractivity contribution >= 4 is 23.2 Å². The molecule has 7 heteroatoms. The summed E-state index contributed by atoms with van der Waals surface area (Å²) in [4.78, 5) is 26.3. The molecule has 1 aromatic heterocycles. The molecule has 0 saturated carbocycles. The van der Waals surface area contributed by atoms with E-state index in [2.05, 4.69) is 10.3 Å². The normalized spacial score (nSPS) is 10.1. The van der Waals surface area contributed by atoms with Gasteiger partial charge in [0.25, 0.3) is 11.6 Å². The minimum Gasteiger partial charge on any atom is -0.346 e. The molecule has 0 bridgehead atoms. The van der Waals surface area contributed by atoms with Gasteiger partial charge in [0.15, 0.2) is 0 Å². The van der Waals surface area contributed by atoms with Crippen LogP contribution in [0.5, 0.6) is 0 Å². The molecule has 0 spiro atoms. The summed E-state index contributed by atoms with van der Waals surface area (Å²) in [5.74, 6) is -0.565. The summed E-state index contributed by atoms with van der Waals surface area (Å²) in [5, 5.41) is 13.7. The van der Waals surface area contributed by atoms with Gasteiger partial charge in [-0.05, 0) is 24.3 Å². The second-order valence-corrected chi connectivity index (χ2v) is 4.36. The van der Waals surface area contributed by atoms with Crippen LogP contribution in [-0.2, 0) is 6.54 Å². The molecule has 1 heterocycles. The van der Waals surface area contributed by atoms with Crippen LogP contribution in [0.1, 0.15) is 16.1 Å². The molecule has 20 heavy (non-hydrogen) atoms. The van der Waals surface area contributed by atoms with Crippen LogP contribution in [0.4, 0.5) is 5.69 Å². The van der Waals surface area contributed by atoms with Crippen LogP contribution in [0, 0.1) is 10.1 Å². The first kappa shape index (κ1) is 14.0. The number of carbonyl (C=O) groups excluding carboxylic acids is 1. The highest BCUT2D eigenvalue weighted by Crippen LogP contribution is 2.22. The lowest BCUT2D eigenvalue weighted by Gasteiger charge is -2.05. The van der Waals surface area contributed by atoms with Crippen molar-refractivity contribution in [1.29, 1.82) is 0 Å². The lowest BCUT2D eigenvalue weighted by Crippen LogP contribution is -2.24. The Morgan fingerprint density at radius 2 is 2.15 bits per heavy atom. The van der Waals surface area contributed by atoms with Crippen molar-refractivity contribution in [3.63, 3.8) is 0 Å². The Morgan fingerprint density at radius 1 is 1.35 bits per heavy atom. The molecule has 102 valence electrons. The Morgan fingerprint density at radius 3 is 2.80 bits per heavy atom. The molecular weight excluding hydrogens is 282 g/mol. The topological polar surface area (TPSA) is 85.1 Å². The minimum atomic E-state index is -0.619. The molecule has 0 aliphatic heterocycles. The van der Waals surface area contributed by atoms with Gasteiger partial charge in [0.2, 0.25) is 0 Å². The summed E-state index contributed by atoms with van der Waals surface area (Å²) in [7, 11) is 0. The van der Waals surface area contributed by atoms with E-state index in [0.29, 0.717) is 5.69 Å². The molecule has 1 amide bonds. The van der Waals surface area contributed by atoms with Crippen LogP contribution < -0.4 is 5.32 Å². The number of carbonyl (C=O) groups is 1. The van der Waals surface area contributed by atoms with Gasteiger partial charge in [0.1, 0.15) is 5.56 Å². The standard InChI is InChI=1S/C13H10ClN3O3/c14-9-4-5-12(17(19)20)11(7-9)13(18)16-8-10-3-1-2-6-15-10/h1-7H,8H2,(H,16,18). The summed E-state index contributed by atoms with van der Waals surface area (Å²) in [5.41, 5.74) is 0.303. The Labute approximate surface area is 119 Å². The van der Waals surface area contributed by atoms with Gasteiger partial charge in [-0.2, -0.15) is 0 Å². The van der Waals surface area contributed by atoms with E-state index in [1.807, 2.05) is 0 Å². The van der Waals surface area contributed by atoms with Gasteiger partial charge in [0, 0.05) is 17.3 Å². The van der Waals surface area contributed by atoms with E-state index in [1.165, 1.54) is 18.2 Å². The number of pyridine rings is 1. The van der Waals surface area contributed by atoms with Gasteiger partial charge in [-0.25, -0.2) is 0 Å². The average Bonchev–Trinajstić information content (AvgIpc) is 2.45. The number of nitrogens with one attached hydrogen (secondary N) is 1. The average molecular weight is 292 g/mol. The molecular formula is C13H10ClN3O3. The van der Waals surface area contributed by atoms with Crippen molar-refractivity contribution < 1.29 is 9.72 Å². The summed E-state index contributed by atoms with van der Waals surface area (Å²) in [6.07, 6.45) is 1.60. The third-order valence-electron chi connectivity index (χ3n) is 2.56. The van der Waals surface area contributed by atoms with Gasteiger partial charge in [-0.3, -0.25) is 19.9 Å². The number of hydrogen-bond donors (Lipinski definition) is 1. The second-order valence-electron chi connectivity index (χ2n) is 3.92. The zero-order valence-corrected chi connectivity index (χ0v) is 11.0. The number of benzene rings is 1. The molecule has 0 aliphatic carbocycles. The first-order valence-corrected chi connectivity index (χ1v) is 6.08. The number of nitro benzene ring substituents is 1. The van der Waals surface area contributed by atoms with E-state index in [-0.39, 0.29) is 22.8 Å². The minimum absolute atomic E-state index is 0.0709. The fraction of sp³-hybridized carbons (Fsp3) is 0.0769. The van der Waals surface area contributed by atoms with Crippen LogP contribution in [0.2, 0.25) is 5.02 Å². The highest BCUT2D eigenvalue weighted by molar-refractivity contribution is 6.31. The summed E-state index contributed by atoms with van der Waals surface area (Å²) in [6.45, 7) is 0.184. The zero-order chi connectivity index (χ0) is 14.5. The van der Waals surface area contributed by atoms with Gasteiger partial charge >= 0.3 is 0 Å². The maximum Gasteiger partial charge on any atom is 0.282 e. The van der Waals surface area contributed by atoms with Crippen molar-refractivity contribution in [3.05, 3.63) is 69.0 Å². The lowest BCUT2D eigenvalue weighted by atomic mass is 10.1. The Bertz CT molecular complexity index is 647. The monoisotopic (exact) mass is 291 g/mol. The number of halogens is 1. The van der Waals surface area contributed by atoms with Gasteiger partial charge in [-0.1, -0.05) is 17.7 Å². The van der Waals surface area contributed by atoms with Crippen molar-refractivity contribution in [2.75, 3.05) is 0 Å². The highest BCUT2D eigenvalue weighted by atomic mass is 35.5. The summed E-state index contributed by atoms with van der Waals surface area (Å²) >= 11 is 5.77. The van der Waals surface area contributed by atoms with Gasteiger partial charge in [0.05, 0.1) is 17.2 Å². The predicted octanol–water partition coefficient (Wildman–Crippen LogP) is 2.57. The molecule has 1 aromatic carbocycles. The maximum atomic E-state index is 12.0. The van der Waals surface area contributed by atoms with Gasteiger partial charge < -0.3 is 5.32 Å². The summed E-state index contributed by atoms with van der Waals surface area (Å²) in [6, 6.07) is 9.14. The first-order chi connectivity index (χ1) is 9.58. The lowest BCUT2D eigenvalue weighted by molar-refractivity contribution is -0.385. The first-order valence-electron chi connectivity index (χ1n) is 5.70. The Hall–Kier alpha value is -2.47. The third kappa shape index (κ3) is 3.30. The molecule has 0 atom stereocenters. The second kappa shape index (κ2) is 6.12. The molecule has 0 aliphatic rings. The number of nitro groups is 1. The molecule has 2 aromatic rings. The molecule has 0 fully saturated rings. The smallest absolute Gasteiger partial charge is 0.282 e. The number of nitrogens with zero attached hydrogens (tertiary/aromatic N) is 2. The van der Waals surface area contributed by atoms with E-state index >= 15 is 0 Å². The van der Waals surface area contributed by atoms with Crippen LogP contribution in [0.15, 0.2) is 42.6 Å². The molecule has 0 unspecified atom stereocenters. The van der Waals surface area contributed by atoms with Crippen molar-refractivity contribution in [1.82, 2.24) is 10.3 Å². The van der Waals surface area contributed by atoms with Crippen molar-refractivity contribution in [2.45, 2.75) is 6.54 Å². The van der Waals surface area contributed by atoms with E-state index in [0.717, 1.165) is 0 Å². The maximum absolute atomic E-state index is 12.0. The van der Waals surface area contributed by atoms with Crippen molar-refractivity contribution in [2.24, 2.45) is 0 Å². The van der Waals surface area contributed by atoms with Crippen molar-refractivity contribution in [3.8, 4) is 0 Å². The number of rotatable bonds is 4. The zero-order valence-electron chi connectivity index (χ0n) is 10.2. The van der Waals surface area contributed by atoms with E-state index in [9.17, 15) is 14.9 Å². The number of amides is 1. The van der Waals surface area contributed by atoms with E-state index in [1.54, 1.807) is 24.4 Å². The molecule has 0 saturated heterocycles. The van der Waals surface area contributed by atoms with E-state index < -0.39 is 10.8 Å². The molecule has 0 radical (unpaired) electrons. The fourth-order valence-corrected chi connectivity index (χ4v) is 1.79. The predicted molar refractivity (Wildman–Crippen MR) is 73.5 cm³/mol. The molecule has 2 rings (SSSR count). The van der Waals surface area contributed by atoms with Gasteiger partial charge in [-0.15, -0.1) is 0 Å².